The van der Waals surface area contributed by atoms with Gasteiger partial charge in [0, 0.05) is 0 Å². The molecule has 1 aromatic carbocycles. The molecular weight excluding hydrogens is 224 g/mol. The summed E-state index contributed by atoms with van der Waals surface area (Å²) in [4.78, 5) is 0. The fourth-order valence-electron chi connectivity index (χ4n) is 2.10. The van der Waals surface area contributed by atoms with E-state index in [9.17, 15) is 0 Å². The molecule has 0 fully saturated rings. The summed E-state index contributed by atoms with van der Waals surface area (Å²) >= 11 is 0. The van der Waals surface area contributed by atoms with Crippen LogP contribution in [0, 0.1) is 12.3 Å². The Morgan fingerprint density at radius 1 is 1.22 bits per heavy atom. The zero-order valence-electron chi connectivity index (χ0n) is 11.4. The van der Waals surface area contributed by atoms with Crippen molar-refractivity contribution in [1.29, 1.82) is 0 Å². The molecule has 0 aliphatic rings. The van der Waals surface area contributed by atoms with Gasteiger partial charge in [-0.05, 0) is 29.9 Å². The molecule has 2 N–H and O–H groups in total. The van der Waals surface area contributed by atoms with E-state index in [2.05, 4.69) is 45.0 Å². The minimum Gasteiger partial charge on any atom is -0.367 e. The fraction of sp³-hybridized carbons (Fsp3) is 0.400. The van der Waals surface area contributed by atoms with Crippen molar-refractivity contribution >= 4 is 5.88 Å². The molecule has 0 unspecified atom stereocenters. The number of hydrogen-bond donors (Lipinski definition) is 1. The molecule has 18 heavy (non-hydrogen) atoms. The van der Waals surface area contributed by atoms with E-state index in [1.54, 1.807) is 0 Å². The topological polar surface area (TPSA) is 52.0 Å². The molecule has 0 saturated heterocycles. The number of aryl methyl sites for hydroxylation is 1. The molecule has 1 aromatic heterocycles. The predicted octanol–water partition coefficient (Wildman–Crippen LogP) is 3.82. The molecule has 0 spiro atoms. The minimum atomic E-state index is 0.154. The van der Waals surface area contributed by atoms with Crippen LogP contribution < -0.4 is 5.73 Å². The molecule has 3 heteroatoms. The van der Waals surface area contributed by atoms with Gasteiger partial charge < -0.3 is 10.3 Å². The minimum absolute atomic E-state index is 0.154. The molecule has 0 aliphatic heterocycles. The second kappa shape index (κ2) is 4.48. The van der Waals surface area contributed by atoms with E-state index in [4.69, 9.17) is 10.3 Å². The van der Waals surface area contributed by atoms with Crippen molar-refractivity contribution in [3.05, 3.63) is 35.5 Å². The summed E-state index contributed by atoms with van der Waals surface area (Å²) in [5.74, 6) is 0.406. The summed E-state index contributed by atoms with van der Waals surface area (Å²) in [5, 5.41) is 4.12. The maximum absolute atomic E-state index is 5.93. The smallest absolute Gasteiger partial charge is 0.230 e. The average Bonchev–Trinajstić information content (AvgIpc) is 2.59. The molecule has 3 nitrogen and oxygen atoms in total. The second-order valence-corrected chi connectivity index (χ2v) is 5.92. The predicted molar refractivity (Wildman–Crippen MR) is 74.2 cm³/mol. The third-order valence-electron chi connectivity index (χ3n) is 2.90. The summed E-state index contributed by atoms with van der Waals surface area (Å²) in [7, 11) is 0. The van der Waals surface area contributed by atoms with Crippen molar-refractivity contribution < 1.29 is 4.52 Å². The Balaban J connectivity index is 2.51. The number of nitrogens with two attached hydrogens (primary N) is 1. The lowest BCUT2D eigenvalue weighted by molar-refractivity contribution is 0.377. The zero-order valence-corrected chi connectivity index (χ0v) is 11.4. The van der Waals surface area contributed by atoms with Crippen LogP contribution in [0.2, 0.25) is 0 Å². The lowest BCUT2D eigenvalue weighted by Gasteiger charge is -2.17. The normalized spacial score (nSPS) is 11.8. The quantitative estimate of drug-likeness (QED) is 0.873. The van der Waals surface area contributed by atoms with Crippen LogP contribution in [0.1, 0.15) is 32.0 Å². The summed E-state index contributed by atoms with van der Waals surface area (Å²) in [6.45, 7) is 8.61. The van der Waals surface area contributed by atoms with E-state index in [-0.39, 0.29) is 5.41 Å². The first-order valence-electron chi connectivity index (χ1n) is 6.18. The Morgan fingerprint density at radius 3 is 2.50 bits per heavy atom. The molecule has 0 atom stereocenters. The maximum atomic E-state index is 5.93. The number of benzene rings is 1. The Hall–Kier alpha value is -1.77. The number of anilines is 1. The highest BCUT2D eigenvalue weighted by Gasteiger charge is 2.22. The van der Waals surface area contributed by atoms with E-state index in [1.807, 2.05) is 12.1 Å². The van der Waals surface area contributed by atoms with Crippen molar-refractivity contribution in [2.75, 3.05) is 5.73 Å². The van der Waals surface area contributed by atoms with E-state index < -0.39 is 0 Å². The maximum Gasteiger partial charge on any atom is 0.230 e. The highest BCUT2D eigenvalue weighted by Crippen LogP contribution is 2.35. The highest BCUT2D eigenvalue weighted by atomic mass is 16.5. The first-order chi connectivity index (χ1) is 8.38. The standard InChI is InChI=1S/C15H20N2O/c1-10-7-5-6-8-11(10)13-12(9-15(2,3)4)17-18-14(13)16/h5-8H,9,16H2,1-4H3. The van der Waals surface area contributed by atoms with Crippen LogP contribution >= 0.6 is 0 Å². The first kappa shape index (κ1) is 12.7. The van der Waals surface area contributed by atoms with E-state index in [1.165, 1.54) is 5.56 Å². The van der Waals surface area contributed by atoms with E-state index in [0.29, 0.717) is 5.88 Å². The van der Waals surface area contributed by atoms with Gasteiger partial charge in [0.1, 0.15) is 0 Å². The zero-order chi connectivity index (χ0) is 13.3. The molecule has 0 aliphatic carbocycles. The lowest BCUT2D eigenvalue weighted by atomic mass is 9.87. The molecular formula is C15H20N2O. The van der Waals surface area contributed by atoms with Crippen molar-refractivity contribution in [3.8, 4) is 11.1 Å². The van der Waals surface area contributed by atoms with Crippen molar-refractivity contribution in [3.63, 3.8) is 0 Å². The molecule has 0 bridgehead atoms. The van der Waals surface area contributed by atoms with Crippen LogP contribution in [-0.2, 0) is 6.42 Å². The van der Waals surface area contributed by atoms with Gasteiger partial charge in [0.15, 0.2) is 0 Å². The molecule has 0 amide bonds. The average molecular weight is 244 g/mol. The summed E-state index contributed by atoms with van der Waals surface area (Å²) < 4.78 is 5.18. The molecule has 2 rings (SSSR count). The Labute approximate surface area is 108 Å². The van der Waals surface area contributed by atoms with Crippen LogP contribution in [0.3, 0.4) is 0 Å². The highest BCUT2D eigenvalue weighted by molar-refractivity contribution is 5.77. The van der Waals surface area contributed by atoms with Gasteiger partial charge in [0.25, 0.3) is 0 Å². The molecule has 96 valence electrons. The monoisotopic (exact) mass is 244 g/mol. The van der Waals surface area contributed by atoms with Crippen molar-refractivity contribution in [2.24, 2.45) is 5.41 Å². The fourth-order valence-corrected chi connectivity index (χ4v) is 2.10. The van der Waals surface area contributed by atoms with Gasteiger partial charge in [-0.25, -0.2) is 0 Å². The molecule has 1 heterocycles. The third kappa shape index (κ3) is 2.55. The number of rotatable bonds is 2. The van der Waals surface area contributed by atoms with Crippen LogP contribution in [-0.4, -0.2) is 5.16 Å². The van der Waals surface area contributed by atoms with Crippen LogP contribution in [0.15, 0.2) is 28.8 Å². The summed E-state index contributed by atoms with van der Waals surface area (Å²) in [6.07, 6.45) is 0.845. The van der Waals surface area contributed by atoms with E-state index in [0.717, 1.165) is 23.2 Å². The number of hydrogen-bond acceptors (Lipinski definition) is 3. The van der Waals surface area contributed by atoms with Crippen molar-refractivity contribution in [2.45, 2.75) is 34.1 Å². The van der Waals surface area contributed by atoms with Gasteiger partial charge in [-0.15, -0.1) is 0 Å². The van der Waals surface area contributed by atoms with Crippen LogP contribution in [0.25, 0.3) is 11.1 Å². The summed E-state index contributed by atoms with van der Waals surface area (Å²) in [5.41, 5.74) is 10.3. The Morgan fingerprint density at radius 2 is 1.89 bits per heavy atom. The van der Waals surface area contributed by atoms with Gasteiger partial charge in [-0.3, -0.25) is 0 Å². The Kier molecular flexibility index (Phi) is 3.16. The van der Waals surface area contributed by atoms with Gasteiger partial charge >= 0.3 is 0 Å². The van der Waals surface area contributed by atoms with Crippen molar-refractivity contribution in [1.82, 2.24) is 5.16 Å². The summed E-state index contributed by atoms with van der Waals surface area (Å²) in [6, 6.07) is 8.16. The third-order valence-corrected chi connectivity index (χ3v) is 2.90. The van der Waals surface area contributed by atoms with Crippen LogP contribution in [0.4, 0.5) is 5.88 Å². The first-order valence-corrected chi connectivity index (χ1v) is 6.18. The molecule has 2 aromatic rings. The second-order valence-electron chi connectivity index (χ2n) is 5.92. The lowest BCUT2D eigenvalue weighted by Crippen LogP contribution is -2.10. The molecule has 0 radical (unpaired) electrons. The van der Waals surface area contributed by atoms with E-state index >= 15 is 0 Å². The largest absolute Gasteiger partial charge is 0.367 e. The van der Waals surface area contributed by atoms with Gasteiger partial charge in [0.2, 0.25) is 5.88 Å². The Bertz CT molecular complexity index is 550. The SMILES string of the molecule is Cc1ccccc1-c1c(CC(C)(C)C)noc1N. The number of nitrogen functional groups attached to an aromatic ring is 1. The van der Waals surface area contributed by atoms with Gasteiger partial charge in [0.05, 0.1) is 11.3 Å². The number of aromatic nitrogens is 1. The van der Waals surface area contributed by atoms with Gasteiger partial charge in [-0.1, -0.05) is 50.2 Å². The van der Waals surface area contributed by atoms with Crippen LogP contribution in [0.5, 0.6) is 0 Å². The van der Waals surface area contributed by atoms with Gasteiger partial charge in [-0.2, -0.15) is 0 Å². The molecule has 0 saturated carbocycles. The number of nitrogens with zero attached hydrogens (tertiary/aromatic N) is 1.